The number of nitrogens with one attached hydrogen (secondary N) is 1. The van der Waals surface area contributed by atoms with Crippen molar-refractivity contribution in [1.29, 1.82) is 0 Å². The zero-order valence-corrected chi connectivity index (χ0v) is 14.1. The van der Waals surface area contributed by atoms with Crippen LogP contribution in [-0.4, -0.2) is 37.1 Å². The number of nitrogens with zero attached hydrogens (tertiary/aromatic N) is 1. The minimum atomic E-state index is 0.585. The molecule has 1 N–H and O–H groups in total. The van der Waals surface area contributed by atoms with Crippen molar-refractivity contribution in [3.63, 3.8) is 0 Å². The molecule has 0 aromatic rings. The Balaban J connectivity index is 1.80. The second-order valence-electron chi connectivity index (χ2n) is 7.75. The first-order valence-electron chi connectivity index (χ1n) is 9.09. The van der Waals surface area contributed by atoms with E-state index in [1.54, 1.807) is 0 Å². The third-order valence-corrected chi connectivity index (χ3v) is 5.51. The quantitative estimate of drug-likeness (QED) is 0.756. The lowest BCUT2D eigenvalue weighted by molar-refractivity contribution is 0.106. The molecule has 2 fully saturated rings. The van der Waals surface area contributed by atoms with Gasteiger partial charge in [-0.15, -0.1) is 0 Å². The predicted molar refractivity (Wildman–Crippen MR) is 88.1 cm³/mol. The van der Waals surface area contributed by atoms with Crippen LogP contribution in [0.4, 0.5) is 0 Å². The molecule has 2 heteroatoms. The van der Waals surface area contributed by atoms with E-state index in [2.05, 4.69) is 31.0 Å². The molecule has 2 aliphatic rings. The lowest BCUT2D eigenvalue weighted by Crippen LogP contribution is -2.46. The van der Waals surface area contributed by atoms with Gasteiger partial charge in [-0.3, -0.25) is 0 Å². The molecule has 0 amide bonds. The van der Waals surface area contributed by atoms with Crippen LogP contribution in [-0.2, 0) is 0 Å². The molecule has 118 valence electrons. The highest BCUT2D eigenvalue weighted by Gasteiger charge is 2.36. The van der Waals surface area contributed by atoms with Crippen molar-refractivity contribution in [2.75, 3.05) is 26.2 Å². The Bertz CT molecular complexity index is 261. The summed E-state index contributed by atoms with van der Waals surface area (Å²) in [5.41, 5.74) is 0.585. The van der Waals surface area contributed by atoms with Gasteiger partial charge >= 0.3 is 0 Å². The van der Waals surface area contributed by atoms with Gasteiger partial charge in [0.1, 0.15) is 0 Å². The van der Waals surface area contributed by atoms with Crippen LogP contribution in [0, 0.1) is 11.3 Å². The number of piperidine rings is 1. The van der Waals surface area contributed by atoms with E-state index in [1.807, 2.05) is 0 Å². The summed E-state index contributed by atoms with van der Waals surface area (Å²) >= 11 is 0. The fourth-order valence-electron chi connectivity index (χ4n) is 4.25. The van der Waals surface area contributed by atoms with Crippen LogP contribution < -0.4 is 5.32 Å². The van der Waals surface area contributed by atoms with Crippen LogP contribution in [0.2, 0.25) is 0 Å². The average molecular weight is 281 g/mol. The largest absolute Gasteiger partial charge is 0.314 e. The summed E-state index contributed by atoms with van der Waals surface area (Å²) in [5, 5.41) is 3.72. The first-order valence-corrected chi connectivity index (χ1v) is 9.09. The van der Waals surface area contributed by atoms with Crippen LogP contribution in [0.15, 0.2) is 0 Å². The summed E-state index contributed by atoms with van der Waals surface area (Å²) in [4.78, 5) is 2.78. The molecule has 0 radical (unpaired) electrons. The lowest BCUT2D eigenvalue weighted by atomic mass is 9.83. The van der Waals surface area contributed by atoms with Gasteiger partial charge in [0.05, 0.1) is 0 Å². The molecule has 1 aliphatic carbocycles. The number of rotatable bonds is 7. The Kier molecular flexibility index (Phi) is 6.35. The van der Waals surface area contributed by atoms with Gasteiger partial charge in [-0.2, -0.15) is 0 Å². The molecule has 0 atom stereocenters. The Morgan fingerprint density at radius 1 is 1.15 bits per heavy atom. The van der Waals surface area contributed by atoms with Crippen molar-refractivity contribution in [2.24, 2.45) is 11.3 Å². The van der Waals surface area contributed by atoms with Crippen molar-refractivity contribution in [1.82, 2.24) is 10.2 Å². The van der Waals surface area contributed by atoms with Gasteiger partial charge in [0.2, 0.25) is 0 Å². The second-order valence-corrected chi connectivity index (χ2v) is 7.75. The van der Waals surface area contributed by atoms with Crippen LogP contribution in [0.25, 0.3) is 0 Å². The molecule has 1 heterocycles. The van der Waals surface area contributed by atoms with Crippen molar-refractivity contribution in [3.8, 4) is 0 Å². The highest BCUT2D eigenvalue weighted by molar-refractivity contribution is 4.90. The molecule has 1 aliphatic heterocycles. The normalized spacial score (nSPS) is 24.6. The summed E-state index contributed by atoms with van der Waals surface area (Å²) < 4.78 is 0. The van der Waals surface area contributed by atoms with Gasteiger partial charge in [0.15, 0.2) is 0 Å². The zero-order chi connectivity index (χ0) is 14.4. The third kappa shape index (κ3) is 4.73. The van der Waals surface area contributed by atoms with Gasteiger partial charge in [0, 0.05) is 19.1 Å². The molecule has 0 bridgehead atoms. The van der Waals surface area contributed by atoms with Gasteiger partial charge in [-0.1, -0.05) is 46.5 Å². The lowest BCUT2D eigenvalue weighted by Gasteiger charge is -2.39. The van der Waals surface area contributed by atoms with E-state index >= 15 is 0 Å². The maximum atomic E-state index is 3.72. The number of likely N-dealkylation sites (tertiary alicyclic amines) is 1. The third-order valence-electron chi connectivity index (χ3n) is 5.51. The molecule has 0 unspecified atom stereocenters. The Morgan fingerprint density at radius 3 is 2.35 bits per heavy atom. The first kappa shape index (κ1) is 16.3. The molecular weight excluding hydrogens is 244 g/mol. The Hall–Kier alpha value is -0.0800. The number of hydrogen-bond acceptors (Lipinski definition) is 2. The summed E-state index contributed by atoms with van der Waals surface area (Å²) in [7, 11) is 0. The van der Waals surface area contributed by atoms with Gasteiger partial charge in [-0.25, -0.2) is 0 Å². The zero-order valence-electron chi connectivity index (χ0n) is 14.1. The summed E-state index contributed by atoms with van der Waals surface area (Å²) in [5.74, 6) is 1.02. The Morgan fingerprint density at radius 2 is 1.80 bits per heavy atom. The molecule has 1 saturated carbocycles. The standard InChI is InChI=1S/C18H36N2/c1-4-7-17-8-12-20(13-9-17)15-18(10-5-6-11-18)14-19-16(2)3/h16-17,19H,4-15H2,1-3H3. The smallest absolute Gasteiger partial charge is 0.00501 e. The van der Waals surface area contributed by atoms with E-state index in [-0.39, 0.29) is 0 Å². The Labute approximate surface area is 126 Å². The van der Waals surface area contributed by atoms with Crippen molar-refractivity contribution >= 4 is 0 Å². The molecule has 2 nitrogen and oxygen atoms in total. The first-order chi connectivity index (χ1) is 9.63. The van der Waals surface area contributed by atoms with Crippen molar-refractivity contribution in [2.45, 2.75) is 78.2 Å². The fraction of sp³-hybridized carbons (Fsp3) is 1.00. The molecule has 0 aromatic carbocycles. The van der Waals surface area contributed by atoms with E-state index in [0.29, 0.717) is 11.5 Å². The second kappa shape index (κ2) is 7.79. The maximum Gasteiger partial charge on any atom is 0.00501 e. The molecule has 0 spiro atoms. The van der Waals surface area contributed by atoms with Gasteiger partial charge < -0.3 is 10.2 Å². The van der Waals surface area contributed by atoms with Gasteiger partial charge in [-0.05, 0) is 50.1 Å². The molecule has 2 rings (SSSR count). The van der Waals surface area contributed by atoms with Crippen LogP contribution >= 0.6 is 0 Å². The monoisotopic (exact) mass is 280 g/mol. The SMILES string of the molecule is CCCC1CCN(CC2(CNC(C)C)CCCC2)CC1. The molecule has 20 heavy (non-hydrogen) atoms. The topological polar surface area (TPSA) is 15.3 Å². The minimum Gasteiger partial charge on any atom is -0.314 e. The summed E-state index contributed by atoms with van der Waals surface area (Å²) in [6, 6.07) is 0.628. The number of hydrogen-bond donors (Lipinski definition) is 1. The maximum absolute atomic E-state index is 3.72. The highest BCUT2D eigenvalue weighted by Crippen LogP contribution is 2.39. The van der Waals surface area contributed by atoms with Gasteiger partial charge in [0.25, 0.3) is 0 Å². The minimum absolute atomic E-state index is 0.585. The van der Waals surface area contributed by atoms with Crippen LogP contribution in [0.1, 0.15) is 72.1 Å². The highest BCUT2D eigenvalue weighted by atomic mass is 15.1. The summed E-state index contributed by atoms with van der Waals surface area (Å²) in [6.07, 6.45) is 11.5. The van der Waals surface area contributed by atoms with E-state index in [4.69, 9.17) is 0 Å². The van der Waals surface area contributed by atoms with E-state index in [9.17, 15) is 0 Å². The van der Waals surface area contributed by atoms with E-state index < -0.39 is 0 Å². The molecular formula is C18H36N2. The molecule has 0 aromatic heterocycles. The average Bonchev–Trinajstić information content (AvgIpc) is 2.88. The van der Waals surface area contributed by atoms with Crippen molar-refractivity contribution in [3.05, 3.63) is 0 Å². The van der Waals surface area contributed by atoms with E-state index in [0.717, 1.165) is 5.92 Å². The van der Waals surface area contributed by atoms with E-state index in [1.165, 1.54) is 77.5 Å². The van der Waals surface area contributed by atoms with Crippen LogP contribution in [0.3, 0.4) is 0 Å². The molecule has 1 saturated heterocycles. The van der Waals surface area contributed by atoms with Crippen molar-refractivity contribution < 1.29 is 0 Å². The fourth-order valence-corrected chi connectivity index (χ4v) is 4.25. The van der Waals surface area contributed by atoms with Crippen LogP contribution in [0.5, 0.6) is 0 Å². The predicted octanol–water partition coefficient (Wildman–Crippen LogP) is 4.06. The summed E-state index contributed by atoms with van der Waals surface area (Å²) in [6.45, 7) is 12.2.